The lowest BCUT2D eigenvalue weighted by atomic mass is 10.2. The molecule has 1 amide bonds. The average Bonchev–Trinajstić information content (AvgIpc) is 1.94. The van der Waals surface area contributed by atoms with Crippen molar-refractivity contribution in [1.82, 2.24) is 0 Å². The molecule has 0 aliphatic rings. The fraction of sp³-hybridized carbons (Fsp3) is 0. The number of carbonyl (C=O) groups excluding carboxylic acids is 1. The zero-order valence-corrected chi connectivity index (χ0v) is 9.22. The molecule has 1 rings (SSSR count). The summed E-state index contributed by atoms with van der Waals surface area (Å²) in [4.78, 5) is 10.7. The van der Waals surface area contributed by atoms with Gasteiger partial charge in [0.2, 0.25) is 5.91 Å². The fourth-order valence-electron chi connectivity index (χ4n) is 0.649. The maximum absolute atomic E-state index is 10.7. The van der Waals surface area contributed by atoms with E-state index < -0.39 is 5.91 Å². The van der Waals surface area contributed by atoms with Crippen molar-refractivity contribution in [2.24, 2.45) is 5.73 Å². The summed E-state index contributed by atoms with van der Waals surface area (Å²) in [5.74, 6) is -0.393. The molecule has 1 aromatic rings. The normalized spacial score (nSPS) is 9.64. The molecule has 0 saturated carbocycles. The van der Waals surface area contributed by atoms with Gasteiger partial charge in [-0.1, -0.05) is 0 Å². The van der Waals surface area contributed by atoms with Crippen LogP contribution in [0.3, 0.4) is 0 Å². The SMILES string of the molecule is NC(=O)c1ccc(Br)c(I)c1. The van der Waals surface area contributed by atoms with Crippen LogP contribution in [0.15, 0.2) is 22.7 Å². The van der Waals surface area contributed by atoms with Crippen LogP contribution in [0.4, 0.5) is 0 Å². The molecule has 0 spiro atoms. The van der Waals surface area contributed by atoms with E-state index in [-0.39, 0.29) is 0 Å². The Morgan fingerprint density at radius 2 is 2.18 bits per heavy atom. The molecule has 0 unspecified atom stereocenters. The highest BCUT2D eigenvalue weighted by molar-refractivity contribution is 14.1. The van der Waals surface area contributed by atoms with E-state index in [1.807, 2.05) is 6.07 Å². The highest BCUT2D eigenvalue weighted by Gasteiger charge is 2.01. The Labute approximate surface area is 86.4 Å². The molecule has 0 bridgehead atoms. The monoisotopic (exact) mass is 325 g/mol. The Kier molecular flexibility index (Phi) is 2.89. The summed E-state index contributed by atoms with van der Waals surface area (Å²) in [5, 5.41) is 0. The van der Waals surface area contributed by atoms with Gasteiger partial charge >= 0.3 is 0 Å². The zero-order valence-electron chi connectivity index (χ0n) is 5.47. The van der Waals surface area contributed by atoms with Crippen LogP contribution in [-0.2, 0) is 0 Å². The van der Waals surface area contributed by atoms with Crippen molar-refractivity contribution in [3.63, 3.8) is 0 Å². The second-order valence-electron chi connectivity index (χ2n) is 1.99. The van der Waals surface area contributed by atoms with Gasteiger partial charge in [-0.3, -0.25) is 4.79 Å². The number of hydrogen-bond acceptors (Lipinski definition) is 1. The van der Waals surface area contributed by atoms with Gasteiger partial charge in [0.25, 0.3) is 0 Å². The van der Waals surface area contributed by atoms with Crippen molar-refractivity contribution >= 4 is 44.4 Å². The van der Waals surface area contributed by atoms with Crippen LogP contribution in [-0.4, -0.2) is 5.91 Å². The van der Waals surface area contributed by atoms with Gasteiger partial charge in [0, 0.05) is 13.6 Å². The highest BCUT2D eigenvalue weighted by atomic mass is 127. The first kappa shape index (κ1) is 8.99. The van der Waals surface area contributed by atoms with Gasteiger partial charge in [0.1, 0.15) is 0 Å². The Bertz CT molecular complexity index is 300. The average molecular weight is 326 g/mol. The minimum absolute atomic E-state index is 0.393. The molecule has 0 radical (unpaired) electrons. The lowest BCUT2D eigenvalue weighted by molar-refractivity contribution is 0.1000. The molecule has 2 N–H and O–H groups in total. The van der Waals surface area contributed by atoms with Gasteiger partial charge < -0.3 is 5.73 Å². The van der Waals surface area contributed by atoms with E-state index >= 15 is 0 Å². The Hall–Kier alpha value is -0.100. The van der Waals surface area contributed by atoms with Crippen molar-refractivity contribution < 1.29 is 4.79 Å². The van der Waals surface area contributed by atoms with Gasteiger partial charge in [-0.05, 0) is 56.7 Å². The molecule has 0 atom stereocenters. The summed E-state index contributed by atoms with van der Waals surface area (Å²) in [6, 6.07) is 5.24. The molecule has 4 heteroatoms. The van der Waals surface area contributed by atoms with E-state index in [1.165, 1.54) is 0 Å². The van der Waals surface area contributed by atoms with Crippen LogP contribution in [0, 0.1) is 3.57 Å². The van der Waals surface area contributed by atoms with Crippen LogP contribution < -0.4 is 5.73 Å². The minimum atomic E-state index is -0.393. The Morgan fingerprint density at radius 3 is 2.64 bits per heavy atom. The van der Waals surface area contributed by atoms with E-state index in [2.05, 4.69) is 38.5 Å². The fourth-order valence-corrected chi connectivity index (χ4v) is 1.41. The number of carbonyl (C=O) groups is 1. The first-order valence-electron chi connectivity index (χ1n) is 2.86. The van der Waals surface area contributed by atoms with Crippen LogP contribution >= 0.6 is 38.5 Å². The number of primary amides is 1. The third-order valence-corrected chi connectivity index (χ3v) is 3.53. The summed E-state index contributed by atoms with van der Waals surface area (Å²) in [6.45, 7) is 0. The van der Waals surface area contributed by atoms with Crippen molar-refractivity contribution in [3.05, 3.63) is 31.8 Å². The highest BCUT2D eigenvalue weighted by Crippen LogP contribution is 2.19. The van der Waals surface area contributed by atoms with E-state index in [1.54, 1.807) is 12.1 Å². The van der Waals surface area contributed by atoms with Crippen LogP contribution in [0.1, 0.15) is 10.4 Å². The summed E-state index contributed by atoms with van der Waals surface area (Å²) >= 11 is 5.45. The third-order valence-electron chi connectivity index (χ3n) is 1.20. The molecule has 0 aliphatic heterocycles. The summed E-state index contributed by atoms with van der Waals surface area (Å²) in [5.41, 5.74) is 5.61. The number of benzene rings is 1. The molecular formula is C7H5BrINO. The van der Waals surface area contributed by atoms with Crippen molar-refractivity contribution in [2.75, 3.05) is 0 Å². The molecule has 0 aromatic heterocycles. The molecule has 2 nitrogen and oxygen atoms in total. The number of hydrogen-bond donors (Lipinski definition) is 1. The molecule has 11 heavy (non-hydrogen) atoms. The lowest BCUT2D eigenvalue weighted by Gasteiger charge is -1.97. The van der Waals surface area contributed by atoms with E-state index in [9.17, 15) is 4.79 Å². The largest absolute Gasteiger partial charge is 0.366 e. The van der Waals surface area contributed by atoms with Gasteiger partial charge in [-0.2, -0.15) is 0 Å². The predicted molar refractivity (Wildman–Crippen MR) is 55.4 cm³/mol. The second kappa shape index (κ2) is 3.53. The van der Waals surface area contributed by atoms with Gasteiger partial charge in [0.05, 0.1) is 0 Å². The lowest BCUT2D eigenvalue weighted by Crippen LogP contribution is -2.10. The molecule has 0 heterocycles. The first-order chi connectivity index (χ1) is 5.11. The van der Waals surface area contributed by atoms with E-state index in [0.29, 0.717) is 5.56 Å². The third kappa shape index (κ3) is 2.16. The summed E-state index contributed by atoms with van der Waals surface area (Å²) in [6.07, 6.45) is 0. The van der Waals surface area contributed by atoms with Gasteiger partial charge in [-0.15, -0.1) is 0 Å². The minimum Gasteiger partial charge on any atom is -0.366 e. The van der Waals surface area contributed by atoms with Crippen LogP contribution in [0.5, 0.6) is 0 Å². The Morgan fingerprint density at radius 1 is 1.55 bits per heavy atom. The van der Waals surface area contributed by atoms with Crippen molar-refractivity contribution in [1.29, 1.82) is 0 Å². The van der Waals surface area contributed by atoms with Gasteiger partial charge in [-0.25, -0.2) is 0 Å². The maximum Gasteiger partial charge on any atom is 0.248 e. The first-order valence-corrected chi connectivity index (χ1v) is 4.73. The van der Waals surface area contributed by atoms with E-state index in [4.69, 9.17) is 5.73 Å². The second-order valence-corrected chi connectivity index (χ2v) is 4.01. The Balaban J connectivity index is 3.15. The molecule has 0 fully saturated rings. The quantitative estimate of drug-likeness (QED) is 0.790. The van der Waals surface area contributed by atoms with Crippen molar-refractivity contribution in [2.45, 2.75) is 0 Å². The van der Waals surface area contributed by atoms with E-state index in [0.717, 1.165) is 8.04 Å². The smallest absolute Gasteiger partial charge is 0.248 e. The van der Waals surface area contributed by atoms with Gasteiger partial charge in [0.15, 0.2) is 0 Å². The number of amides is 1. The van der Waals surface area contributed by atoms with Crippen LogP contribution in [0.25, 0.3) is 0 Å². The molecule has 0 saturated heterocycles. The predicted octanol–water partition coefficient (Wildman–Crippen LogP) is 2.15. The molecule has 58 valence electrons. The molecular weight excluding hydrogens is 321 g/mol. The van der Waals surface area contributed by atoms with Crippen molar-refractivity contribution in [3.8, 4) is 0 Å². The summed E-state index contributed by atoms with van der Waals surface area (Å²) < 4.78 is 1.96. The maximum atomic E-state index is 10.7. The number of nitrogens with two attached hydrogens (primary N) is 1. The molecule has 0 aliphatic carbocycles. The number of rotatable bonds is 1. The zero-order chi connectivity index (χ0) is 8.43. The topological polar surface area (TPSA) is 43.1 Å². The van der Waals surface area contributed by atoms with Crippen LogP contribution in [0.2, 0.25) is 0 Å². The standard InChI is InChI=1S/C7H5BrINO/c8-5-2-1-4(7(10)11)3-6(5)9/h1-3H,(H2,10,11). The summed E-state index contributed by atoms with van der Waals surface area (Å²) in [7, 11) is 0. The molecule has 1 aromatic carbocycles. The number of halogens is 2.